The number of hydrogen-bond acceptors (Lipinski definition) is 6. The van der Waals surface area contributed by atoms with Crippen molar-refractivity contribution in [1.82, 2.24) is 15.2 Å². The van der Waals surface area contributed by atoms with Gasteiger partial charge in [-0.05, 0) is 18.9 Å². The number of carbonyl (C=O) groups is 1. The minimum atomic E-state index is 0.107. The molecular weight excluding hydrogens is 390 g/mol. The number of carbonyl (C=O) groups excluding carboxylic acids is 1. The fourth-order valence-corrected chi connectivity index (χ4v) is 5.17. The number of benzene rings is 1. The summed E-state index contributed by atoms with van der Waals surface area (Å²) in [7, 11) is 0. The van der Waals surface area contributed by atoms with Crippen LogP contribution in [0.1, 0.15) is 23.1 Å². The molecule has 7 heteroatoms. The summed E-state index contributed by atoms with van der Waals surface area (Å²) in [5.74, 6) is 1.42. The molecule has 1 N–H and O–H groups in total. The minimum absolute atomic E-state index is 0.107. The van der Waals surface area contributed by atoms with Crippen LogP contribution in [0.25, 0.3) is 10.6 Å². The highest BCUT2D eigenvalue weighted by molar-refractivity contribution is 7.99. The molecule has 0 spiro atoms. The molecule has 1 saturated heterocycles. The summed E-state index contributed by atoms with van der Waals surface area (Å²) in [6.45, 7) is 9.32. The summed E-state index contributed by atoms with van der Waals surface area (Å²) in [5, 5.41) is 4.08. The Morgan fingerprint density at radius 3 is 2.75 bits per heavy atom. The number of rotatable bonds is 9. The molecule has 0 saturated carbocycles. The van der Waals surface area contributed by atoms with Crippen molar-refractivity contribution in [1.29, 1.82) is 0 Å². The summed E-state index contributed by atoms with van der Waals surface area (Å²) in [4.78, 5) is 20.4. The first-order chi connectivity index (χ1) is 13.7. The Labute approximate surface area is 175 Å². The number of nitrogens with one attached hydrogen (secondary N) is 1. The van der Waals surface area contributed by atoms with Gasteiger partial charge in [0, 0.05) is 42.4 Å². The molecule has 1 aliphatic rings. The molecule has 0 radical (unpaired) electrons. The van der Waals surface area contributed by atoms with Gasteiger partial charge in [0.2, 0.25) is 5.91 Å². The van der Waals surface area contributed by atoms with Gasteiger partial charge in [-0.15, -0.1) is 23.1 Å². The zero-order chi connectivity index (χ0) is 19.8. The maximum Gasteiger partial charge on any atom is 0.230 e. The Balaban J connectivity index is 1.40. The lowest BCUT2D eigenvalue weighted by Crippen LogP contribution is -2.41. The number of nitrogens with zero attached hydrogens (tertiary/aromatic N) is 2. The van der Waals surface area contributed by atoms with Gasteiger partial charge in [-0.2, -0.15) is 0 Å². The van der Waals surface area contributed by atoms with Gasteiger partial charge in [0.15, 0.2) is 0 Å². The Morgan fingerprint density at radius 2 is 2.04 bits per heavy atom. The van der Waals surface area contributed by atoms with Crippen LogP contribution < -0.4 is 5.32 Å². The zero-order valence-electron chi connectivity index (χ0n) is 16.7. The molecule has 2 heterocycles. The van der Waals surface area contributed by atoms with Gasteiger partial charge in [0.05, 0.1) is 24.7 Å². The molecule has 1 fully saturated rings. The first-order valence-corrected chi connectivity index (χ1v) is 11.8. The quantitative estimate of drug-likeness (QED) is 0.675. The van der Waals surface area contributed by atoms with Crippen LogP contribution in [-0.2, 0) is 21.7 Å². The second-order valence-electron chi connectivity index (χ2n) is 6.87. The topological polar surface area (TPSA) is 54.5 Å². The van der Waals surface area contributed by atoms with Crippen LogP contribution in [0.4, 0.5) is 0 Å². The molecule has 0 bridgehead atoms. The first-order valence-electron chi connectivity index (χ1n) is 9.86. The number of thioether (sulfide) groups is 1. The molecule has 2 aromatic rings. The number of amides is 1. The predicted octanol–water partition coefficient (Wildman–Crippen LogP) is 3.36. The molecular formula is C21H29N3O2S2. The van der Waals surface area contributed by atoms with Crippen LogP contribution in [0, 0.1) is 6.92 Å². The number of ether oxygens (including phenoxy) is 1. The van der Waals surface area contributed by atoms with Crippen LogP contribution in [0.3, 0.4) is 0 Å². The van der Waals surface area contributed by atoms with Crippen molar-refractivity contribution in [2.75, 3.05) is 45.1 Å². The third-order valence-corrected chi connectivity index (χ3v) is 7.17. The molecule has 0 aliphatic carbocycles. The summed E-state index contributed by atoms with van der Waals surface area (Å²) < 4.78 is 5.34. The number of morpholine rings is 1. The van der Waals surface area contributed by atoms with Crippen LogP contribution in [-0.4, -0.2) is 60.9 Å². The molecule has 0 atom stereocenters. The summed E-state index contributed by atoms with van der Waals surface area (Å²) in [5.41, 5.74) is 3.58. The molecule has 1 aliphatic heterocycles. The standard InChI is InChI=1S/C21H29N3O2S2/c1-3-17-4-6-18(7-5-17)21-23-16(2)19(28-21)14-27-15-20(25)22-8-9-24-10-12-26-13-11-24/h4-7H,3,8-15H2,1-2H3,(H,22,25). The molecule has 0 unspecified atom stereocenters. The maximum absolute atomic E-state index is 12.1. The lowest BCUT2D eigenvalue weighted by molar-refractivity contribution is -0.118. The minimum Gasteiger partial charge on any atom is -0.379 e. The van der Waals surface area contributed by atoms with Crippen molar-refractivity contribution in [3.05, 3.63) is 40.4 Å². The van der Waals surface area contributed by atoms with Gasteiger partial charge in [-0.3, -0.25) is 9.69 Å². The van der Waals surface area contributed by atoms with E-state index in [0.29, 0.717) is 12.3 Å². The van der Waals surface area contributed by atoms with E-state index in [-0.39, 0.29) is 5.91 Å². The summed E-state index contributed by atoms with van der Waals surface area (Å²) >= 11 is 3.39. The van der Waals surface area contributed by atoms with Crippen molar-refractivity contribution in [3.63, 3.8) is 0 Å². The lowest BCUT2D eigenvalue weighted by Gasteiger charge is -2.26. The van der Waals surface area contributed by atoms with Gasteiger partial charge >= 0.3 is 0 Å². The normalized spacial score (nSPS) is 14.9. The molecule has 5 nitrogen and oxygen atoms in total. The predicted molar refractivity (Wildman–Crippen MR) is 118 cm³/mol. The second-order valence-corrected chi connectivity index (χ2v) is 8.94. The SMILES string of the molecule is CCc1ccc(-c2nc(C)c(CSCC(=O)NCCN3CCOCC3)s2)cc1. The highest BCUT2D eigenvalue weighted by atomic mass is 32.2. The summed E-state index contributed by atoms with van der Waals surface area (Å²) in [6, 6.07) is 8.63. The fraction of sp³-hybridized carbons (Fsp3) is 0.524. The fourth-order valence-electron chi connectivity index (χ4n) is 3.03. The Kier molecular flexibility index (Phi) is 8.33. The lowest BCUT2D eigenvalue weighted by atomic mass is 10.1. The Bertz CT molecular complexity index is 756. The van der Waals surface area contributed by atoms with E-state index in [1.165, 1.54) is 16.0 Å². The molecule has 1 amide bonds. The second kappa shape index (κ2) is 11.0. The number of aryl methyl sites for hydroxylation is 2. The van der Waals surface area contributed by atoms with E-state index in [9.17, 15) is 4.79 Å². The Hall–Kier alpha value is -1.41. The molecule has 28 heavy (non-hydrogen) atoms. The molecule has 3 rings (SSSR count). The van der Waals surface area contributed by atoms with E-state index in [4.69, 9.17) is 9.72 Å². The van der Waals surface area contributed by atoms with Gasteiger partial charge in [-0.25, -0.2) is 4.98 Å². The van der Waals surface area contributed by atoms with Crippen molar-refractivity contribution in [2.24, 2.45) is 0 Å². The smallest absolute Gasteiger partial charge is 0.230 e. The van der Waals surface area contributed by atoms with Gasteiger partial charge in [-0.1, -0.05) is 31.2 Å². The van der Waals surface area contributed by atoms with Gasteiger partial charge in [0.25, 0.3) is 0 Å². The van der Waals surface area contributed by atoms with Crippen LogP contribution in [0.15, 0.2) is 24.3 Å². The van der Waals surface area contributed by atoms with Gasteiger partial charge < -0.3 is 10.1 Å². The van der Waals surface area contributed by atoms with E-state index in [1.807, 2.05) is 0 Å². The van der Waals surface area contributed by atoms with E-state index in [0.717, 1.165) is 55.7 Å². The van der Waals surface area contributed by atoms with Crippen LogP contribution in [0.2, 0.25) is 0 Å². The third kappa shape index (κ3) is 6.30. The number of thiazole rings is 1. The third-order valence-electron chi connectivity index (χ3n) is 4.82. The van der Waals surface area contributed by atoms with E-state index in [1.54, 1.807) is 23.1 Å². The Morgan fingerprint density at radius 1 is 1.29 bits per heavy atom. The first kappa shape index (κ1) is 21.3. The average Bonchev–Trinajstić information content (AvgIpc) is 3.09. The maximum atomic E-state index is 12.1. The van der Waals surface area contributed by atoms with Crippen LogP contribution in [0.5, 0.6) is 0 Å². The van der Waals surface area contributed by atoms with Crippen molar-refractivity contribution >= 4 is 29.0 Å². The monoisotopic (exact) mass is 419 g/mol. The highest BCUT2D eigenvalue weighted by Crippen LogP contribution is 2.30. The molecule has 152 valence electrons. The molecule has 1 aromatic carbocycles. The van der Waals surface area contributed by atoms with E-state index >= 15 is 0 Å². The number of hydrogen-bond donors (Lipinski definition) is 1. The number of aromatic nitrogens is 1. The average molecular weight is 420 g/mol. The van der Waals surface area contributed by atoms with E-state index < -0.39 is 0 Å². The van der Waals surface area contributed by atoms with Crippen LogP contribution >= 0.6 is 23.1 Å². The highest BCUT2D eigenvalue weighted by Gasteiger charge is 2.12. The van der Waals surface area contributed by atoms with Crippen molar-refractivity contribution in [2.45, 2.75) is 26.0 Å². The zero-order valence-corrected chi connectivity index (χ0v) is 18.3. The van der Waals surface area contributed by atoms with Crippen molar-refractivity contribution in [3.8, 4) is 10.6 Å². The molecule has 1 aromatic heterocycles. The van der Waals surface area contributed by atoms with Gasteiger partial charge in [0.1, 0.15) is 5.01 Å². The summed E-state index contributed by atoms with van der Waals surface area (Å²) in [6.07, 6.45) is 1.05. The van der Waals surface area contributed by atoms with Crippen molar-refractivity contribution < 1.29 is 9.53 Å². The van der Waals surface area contributed by atoms with E-state index in [2.05, 4.69) is 48.3 Å². The largest absolute Gasteiger partial charge is 0.379 e.